The van der Waals surface area contributed by atoms with Crippen LogP contribution < -0.4 is 21.8 Å². The Labute approximate surface area is 445 Å². The molecule has 3 aromatic rings. The van der Waals surface area contributed by atoms with E-state index in [4.69, 9.17) is 23.8 Å². The van der Waals surface area contributed by atoms with Crippen molar-refractivity contribution >= 4 is 101 Å². The molecule has 6 saturated heterocycles. The predicted octanol–water partition coefficient (Wildman–Crippen LogP) is -2.20. The summed E-state index contributed by atoms with van der Waals surface area (Å²) in [5, 5.41) is 9.22. The Morgan fingerprint density at radius 2 is 1.14 bits per heavy atom. The van der Waals surface area contributed by atoms with Gasteiger partial charge < -0.3 is 35.5 Å². The van der Waals surface area contributed by atoms with E-state index in [-0.39, 0.29) is 80.6 Å². The molecule has 78 heavy (non-hydrogen) atoms. The van der Waals surface area contributed by atoms with Crippen LogP contribution in [-0.2, 0) is 58.4 Å². The van der Waals surface area contributed by atoms with Gasteiger partial charge >= 0.3 is 49.3 Å². The fraction of sp³-hybridized carbons (Fsp3) is 0.462. The van der Waals surface area contributed by atoms with Gasteiger partial charge in [0.05, 0.1) is 43.0 Å². The van der Waals surface area contributed by atoms with E-state index < -0.39 is 121 Å². The van der Waals surface area contributed by atoms with E-state index in [9.17, 15) is 68.4 Å². The molecule has 0 aromatic carbocycles. The first-order chi connectivity index (χ1) is 36.6. The first-order valence-corrected chi connectivity index (χ1v) is 27.7. The van der Waals surface area contributed by atoms with Gasteiger partial charge in [0, 0.05) is 44.5 Å². The number of nitrogens with zero attached hydrogens (tertiary/aromatic N) is 9. The number of hydrogen-bond acceptors (Lipinski definition) is 23. The lowest BCUT2D eigenvalue weighted by molar-refractivity contribution is -0.129. The molecule has 6 bridgehead atoms. The highest BCUT2D eigenvalue weighted by Gasteiger charge is 2.52. The molecule has 0 spiro atoms. The highest BCUT2D eigenvalue weighted by atomic mass is 32.3. The average molecular weight is 1180 g/mol. The molecule has 6 atom stereocenters. The number of anilines is 1. The van der Waals surface area contributed by atoms with Gasteiger partial charge in [-0.05, 0) is 62.8 Å². The Bertz CT molecular complexity index is 3170. The molecular formula is C39H47N13O22S4. The topological polar surface area (TPSA) is 468 Å². The van der Waals surface area contributed by atoms with Crippen molar-refractivity contribution in [1.29, 1.82) is 0 Å². The molecule has 3 aromatic heterocycles. The lowest BCUT2D eigenvalue weighted by Crippen LogP contribution is -2.54. The van der Waals surface area contributed by atoms with Crippen molar-refractivity contribution in [2.45, 2.75) is 74.8 Å². The zero-order valence-corrected chi connectivity index (χ0v) is 43.5. The first-order valence-electron chi connectivity index (χ1n) is 22.7. The van der Waals surface area contributed by atoms with E-state index in [2.05, 4.69) is 38.9 Å². The van der Waals surface area contributed by atoms with Crippen molar-refractivity contribution in [2.75, 3.05) is 45.5 Å². The number of nitrogen functional groups attached to an aromatic ring is 1. The molecule has 10 amide bonds. The quantitative estimate of drug-likeness (QED) is 0.0454. The molecule has 0 unspecified atom stereocenters. The average Bonchev–Trinajstić information content (AvgIpc) is 4.30. The zero-order chi connectivity index (χ0) is 57.0. The number of carbonyl (C=O) groups excluding carboxylic acids is 9. The molecule has 6 aliphatic rings. The van der Waals surface area contributed by atoms with Crippen molar-refractivity contribution in [3.05, 3.63) is 65.3 Å². The summed E-state index contributed by atoms with van der Waals surface area (Å²) in [6.45, 7) is -0.386. The summed E-state index contributed by atoms with van der Waals surface area (Å²) >= 11 is 1.10. The molecule has 0 saturated carbocycles. The van der Waals surface area contributed by atoms with Crippen LogP contribution in [0.5, 0.6) is 0 Å². The Morgan fingerprint density at radius 3 is 1.53 bits per heavy atom. The number of nitrogens with two attached hydrogens (primary N) is 1. The normalized spacial score (nSPS) is 22.5. The highest BCUT2D eigenvalue weighted by Crippen LogP contribution is 2.33. The number of furan rings is 1. The number of aromatic nitrogens is 2. The number of nitrogens with one attached hydrogen (secondary N) is 3. The monoisotopic (exact) mass is 1180 g/mol. The molecule has 6 aliphatic heterocycles. The van der Waals surface area contributed by atoms with Gasteiger partial charge in [0.2, 0.25) is 23.4 Å². The standard InChI is InChI=1S/C14H17N5O7S.C13H15N3O8S.C12H15N5O7S2/c1-17(13(21)9-3-2-6-15-7-9)16-12(20)11-5-4-10-8-18(11)14(22)19(10)26-27(23,24)25;17-10(11-2-1-5-23-11)6-14-12(18)9-4-3-8-7-15(9)13(19)16(8)24-25(20,21)22;13-11-15-7(5-25-11)9(18)3-14-10(19)8-2-1-6-4-16(8)12(20)17(6)24-26(21,22)23/h2-3,6-7,10-11H,4-5,8H2,1H3,(H,16,20)(H,23,24,25);1-2,5,8-9H,3-4,6-7H2,(H,14,18)(H,20,21,22);5-6,8H,1-4H2,(H2,13,15)(H,14,19)(H,21,22,23)/t10-,11+;8-,9+;6-,8+/m111/s1. The Balaban J connectivity index is 0.000000170. The highest BCUT2D eigenvalue weighted by molar-refractivity contribution is 7.81. The van der Waals surface area contributed by atoms with Crippen LogP contribution in [-0.4, -0.2) is 213 Å². The van der Waals surface area contributed by atoms with E-state index >= 15 is 0 Å². The third-order valence-electron chi connectivity index (χ3n) is 12.3. The molecule has 0 aliphatic carbocycles. The van der Waals surface area contributed by atoms with Crippen molar-refractivity contribution in [1.82, 2.24) is 60.9 Å². The number of hydroxylamine groups is 6. The summed E-state index contributed by atoms with van der Waals surface area (Å²) in [5.74, 6) is -2.93. The minimum atomic E-state index is -4.86. The number of rotatable bonds is 16. The summed E-state index contributed by atoms with van der Waals surface area (Å²) in [6.07, 6.45) is 5.85. The molecular weight excluding hydrogens is 1130 g/mol. The number of thiazole rings is 1. The van der Waals surface area contributed by atoms with Crippen LogP contribution >= 0.6 is 11.3 Å². The zero-order valence-electron chi connectivity index (χ0n) is 40.2. The molecule has 9 rings (SSSR count). The van der Waals surface area contributed by atoms with Crippen LogP contribution in [0.4, 0.5) is 19.5 Å². The smallest absolute Gasteiger partial charge is 0.418 e. The molecule has 8 N–H and O–H groups in total. The van der Waals surface area contributed by atoms with Crippen LogP contribution in [0.15, 0.2) is 52.7 Å². The van der Waals surface area contributed by atoms with Crippen LogP contribution in [0.2, 0.25) is 0 Å². The maximum atomic E-state index is 12.5. The van der Waals surface area contributed by atoms with Crippen LogP contribution in [0.1, 0.15) is 69.9 Å². The number of fused-ring (bicyclic) bond motifs is 6. The van der Waals surface area contributed by atoms with Gasteiger partial charge in [-0.1, -0.05) is 0 Å². The van der Waals surface area contributed by atoms with E-state index in [1.165, 1.54) is 43.2 Å². The van der Waals surface area contributed by atoms with Crippen molar-refractivity contribution in [2.24, 2.45) is 0 Å². The molecule has 6 fully saturated rings. The third kappa shape index (κ3) is 14.2. The number of hydrazine groups is 1. The van der Waals surface area contributed by atoms with Crippen LogP contribution in [0.3, 0.4) is 0 Å². The van der Waals surface area contributed by atoms with Crippen molar-refractivity contribution in [3.63, 3.8) is 0 Å². The lowest BCUT2D eigenvalue weighted by atomic mass is 10.0. The Hall–Kier alpha value is -7.50. The molecule has 9 heterocycles. The number of pyridine rings is 1. The van der Waals surface area contributed by atoms with E-state index in [1.807, 2.05) is 0 Å². The summed E-state index contributed by atoms with van der Waals surface area (Å²) in [4.78, 5) is 121. The van der Waals surface area contributed by atoms with E-state index in [1.54, 1.807) is 12.1 Å². The van der Waals surface area contributed by atoms with Crippen molar-refractivity contribution < 1.29 is 99.3 Å². The van der Waals surface area contributed by atoms with E-state index in [0.29, 0.717) is 28.0 Å². The van der Waals surface area contributed by atoms with Gasteiger partial charge in [0.15, 0.2) is 10.9 Å². The molecule has 39 heteroatoms. The molecule has 424 valence electrons. The number of carbonyl (C=O) groups is 9. The number of Topliss-reactive ketones (excluding diaryl/α,β-unsaturated/α-hetero) is 2. The maximum Gasteiger partial charge on any atom is 0.418 e. The number of ketones is 2. The maximum absolute atomic E-state index is 12.5. The number of piperidine rings is 3. The predicted molar refractivity (Wildman–Crippen MR) is 255 cm³/mol. The minimum Gasteiger partial charge on any atom is -0.461 e. The summed E-state index contributed by atoms with van der Waals surface area (Å²) < 4.78 is 109. The minimum absolute atomic E-state index is 0.0622. The van der Waals surface area contributed by atoms with Gasteiger partial charge in [0.1, 0.15) is 23.8 Å². The van der Waals surface area contributed by atoms with Crippen LogP contribution in [0.25, 0.3) is 0 Å². The molecule has 35 nitrogen and oxygen atoms in total. The van der Waals surface area contributed by atoms with Crippen LogP contribution in [0, 0.1) is 0 Å². The Kier molecular flexibility index (Phi) is 17.6. The number of amides is 10. The number of urea groups is 3. The van der Waals surface area contributed by atoms with Gasteiger partial charge in [-0.2, -0.15) is 40.4 Å². The number of hydrogen-bond donors (Lipinski definition) is 7. The lowest BCUT2D eigenvalue weighted by Gasteiger charge is -2.30. The first kappa shape index (κ1) is 58.2. The SMILES string of the molecule is CN(NC(=O)[C@@H]1CC[C@@H]2CN1C(=O)N2OS(=O)(=O)O)C(=O)c1cccnc1.Nc1nc(C(=O)CNC(=O)[C@@H]2CC[C@@H]3CN2C(=O)N3OS(=O)(=O)O)cs1.O=C(CNC(=O)[C@@H]1CC[C@@H]2CN1C(=O)N2OS(=O)(=O)O)c1ccco1. The summed E-state index contributed by atoms with van der Waals surface area (Å²) in [5.41, 5.74) is 8.27. The fourth-order valence-corrected chi connectivity index (χ4v) is 10.6. The Morgan fingerprint density at radius 1 is 0.692 bits per heavy atom. The summed E-state index contributed by atoms with van der Waals surface area (Å²) in [7, 11) is -13.2. The van der Waals surface area contributed by atoms with Gasteiger partial charge in [0.25, 0.3) is 11.8 Å². The van der Waals surface area contributed by atoms with Crippen molar-refractivity contribution in [3.8, 4) is 0 Å². The second-order valence-electron chi connectivity index (χ2n) is 17.4. The second kappa shape index (κ2) is 23.6. The van der Waals surface area contributed by atoms with E-state index in [0.717, 1.165) is 31.0 Å². The second-order valence-corrected chi connectivity index (χ2v) is 21.3. The van der Waals surface area contributed by atoms with Gasteiger partial charge in [-0.25, -0.2) is 19.4 Å². The largest absolute Gasteiger partial charge is 0.461 e. The van der Waals surface area contributed by atoms with Gasteiger partial charge in [-0.3, -0.25) is 57.8 Å². The third-order valence-corrected chi connectivity index (χ3v) is 14.1. The fourth-order valence-electron chi connectivity index (χ4n) is 8.89. The summed E-state index contributed by atoms with van der Waals surface area (Å²) in [6, 6.07) is -0.808. The van der Waals surface area contributed by atoms with Gasteiger partial charge in [-0.15, -0.1) is 24.2 Å². The molecule has 0 radical (unpaired) electrons.